The second-order valence-corrected chi connectivity index (χ2v) is 5.26. The summed E-state index contributed by atoms with van der Waals surface area (Å²) in [6.45, 7) is 7.96. The van der Waals surface area contributed by atoms with Crippen LogP contribution >= 0.6 is 0 Å². The Hall–Kier alpha value is -0.120. The maximum absolute atomic E-state index is 5.10. The molecule has 3 nitrogen and oxygen atoms in total. The topological polar surface area (TPSA) is 24.5 Å². The molecule has 3 heteroatoms. The van der Waals surface area contributed by atoms with Crippen LogP contribution in [0.3, 0.4) is 0 Å². The lowest BCUT2D eigenvalue weighted by molar-refractivity contribution is 0.148. The van der Waals surface area contributed by atoms with Crippen molar-refractivity contribution in [2.45, 2.75) is 32.6 Å². The van der Waals surface area contributed by atoms with Crippen LogP contribution < -0.4 is 5.32 Å². The number of ether oxygens (including phenoxy) is 1. The summed E-state index contributed by atoms with van der Waals surface area (Å²) in [6, 6.07) is 0. The van der Waals surface area contributed by atoms with E-state index in [9.17, 15) is 0 Å². The maximum atomic E-state index is 5.10. The summed E-state index contributed by atoms with van der Waals surface area (Å²) in [5.41, 5.74) is 0.538. The van der Waals surface area contributed by atoms with Crippen LogP contribution in [0, 0.1) is 5.41 Å². The van der Waals surface area contributed by atoms with E-state index >= 15 is 0 Å². The van der Waals surface area contributed by atoms with Gasteiger partial charge in [-0.15, -0.1) is 0 Å². The molecule has 96 valence electrons. The van der Waals surface area contributed by atoms with Gasteiger partial charge in [-0.3, -0.25) is 0 Å². The maximum Gasteiger partial charge on any atom is 0.0474 e. The highest BCUT2D eigenvalue weighted by Gasteiger charge is 2.33. The van der Waals surface area contributed by atoms with E-state index in [2.05, 4.69) is 24.2 Å². The smallest absolute Gasteiger partial charge is 0.0474 e. The minimum absolute atomic E-state index is 0.538. The molecule has 1 rings (SSSR count). The molecule has 0 radical (unpaired) electrons. The molecule has 1 N–H and O–H groups in total. The predicted octanol–water partition coefficient (Wildman–Crippen LogP) is 1.73. The summed E-state index contributed by atoms with van der Waals surface area (Å²) in [5.74, 6) is 0. The van der Waals surface area contributed by atoms with Gasteiger partial charge in [-0.1, -0.05) is 13.3 Å². The zero-order chi connectivity index (χ0) is 11.9. The molecule has 0 amide bonds. The van der Waals surface area contributed by atoms with Crippen LogP contribution in [0.4, 0.5) is 0 Å². The second kappa shape index (κ2) is 7.25. The summed E-state index contributed by atoms with van der Waals surface area (Å²) in [6.07, 6.45) is 5.14. The Kier molecular flexibility index (Phi) is 6.32. The molecule has 0 aromatic carbocycles. The van der Waals surface area contributed by atoms with Crippen molar-refractivity contribution in [2.24, 2.45) is 5.41 Å². The molecule has 0 aliphatic carbocycles. The highest BCUT2D eigenvalue weighted by Crippen LogP contribution is 2.31. The highest BCUT2D eigenvalue weighted by molar-refractivity contribution is 4.89. The lowest BCUT2D eigenvalue weighted by Gasteiger charge is -2.32. The van der Waals surface area contributed by atoms with Gasteiger partial charge >= 0.3 is 0 Å². The molecule has 0 saturated carbocycles. The largest absolute Gasteiger partial charge is 0.385 e. The molecule has 0 aromatic heterocycles. The average molecular weight is 228 g/mol. The Morgan fingerprint density at radius 2 is 2.25 bits per heavy atom. The van der Waals surface area contributed by atoms with Gasteiger partial charge in [-0.25, -0.2) is 0 Å². The minimum atomic E-state index is 0.538. The van der Waals surface area contributed by atoms with Crippen LogP contribution in [0.15, 0.2) is 0 Å². The number of hydrogen-bond acceptors (Lipinski definition) is 3. The SMILES string of the molecule is CCCC1(CN(C)CCCOC)CCNC1. The Morgan fingerprint density at radius 1 is 1.44 bits per heavy atom. The van der Waals surface area contributed by atoms with Crippen LogP contribution in [0.5, 0.6) is 0 Å². The van der Waals surface area contributed by atoms with Crippen LogP contribution in [-0.2, 0) is 4.74 Å². The van der Waals surface area contributed by atoms with Gasteiger partial charge in [0.1, 0.15) is 0 Å². The van der Waals surface area contributed by atoms with E-state index < -0.39 is 0 Å². The Labute approximate surface area is 101 Å². The first-order chi connectivity index (χ1) is 7.72. The standard InChI is InChI=1S/C13H28N2O/c1-4-6-13(7-8-14-11-13)12-15(2)9-5-10-16-3/h14H,4-12H2,1-3H3. The molecule has 0 spiro atoms. The number of nitrogens with zero attached hydrogens (tertiary/aromatic N) is 1. The summed E-state index contributed by atoms with van der Waals surface area (Å²) < 4.78 is 5.10. The summed E-state index contributed by atoms with van der Waals surface area (Å²) in [4.78, 5) is 2.47. The third kappa shape index (κ3) is 4.40. The molecular formula is C13H28N2O. The first-order valence-corrected chi connectivity index (χ1v) is 6.61. The van der Waals surface area contributed by atoms with E-state index in [0.29, 0.717) is 5.41 Å². The van der Waals surface area contributed by atoms with Crippen molar-refractivity contribution in [3.05, 3.63) is 0 Å². The van der Waals surface area contributed by atoms with Gasteiger partial charge in [0.2, 0.25) is 0 Å². The molecule has 1 aliphatic rings. The summed E-state index contributed by atoms with van der Waals surface area (Å²) in [5, 5.41) is 3.52. The van der Waals surface area contributed by atoms with Gasteiger partial charge in [-0.05, 0) is 38.3 Å². The van der Waals surface area contributed by atoms with Gasteiger partial charge in [0, 0.05) is 33.4 Å². The zero-order valence-corrected chi connectivity index (χ0v) is 11.2. The zero-order valence-electron chi connectivity index (χ0n) is 11.2. The van der Waals surface area contributed by atoms with Crippen molar-refractivity contribution in [3.63, 3.8) is 0 Å². The third-order valence-corrected chi connectivity index (χ3v) is 3.61. The summed E-state index contributed by atoms with van der Waals surface area (Å²) >= 11 is 0. The van der Waals surface area contributed by atoms with Crippen molar-refractivity contribution < 1.29 is 4.74 Å². The molecule has 1 atom stereocenters. The molecule has 1 fully saturated rings. The molecule has 1 unspecified atom stereocenters. The van der Waals surface area contributed by atoms with Gasteiger partial charge in [0.25, 0.3) is 0 Å². The monoisotopic (exact) mass is 228 g/mol. The number of hydrogen-bond donors (Lipinski definition) is 1. The fourth-order valence-electron chi connectivity index (χ4n) is 2.88. The van der Waals surface area contributed by atoms with E-state index in [0.717, 1.165) is 19.6 Å². The van der Waals surface area contributed by atoms with E-state index in [1.54, 1.807) is 7.11 Å². The molecule has 1 saturated heterocycles. The van der Waals surface area contributed by atoms with Crippen molar-refractivity contribution in [1.82, 2.24) is 10.2 Å². The van der Waals surface area contributed by atoms with E-state index in [1.165, 1.54) is 38.9 Å². The van der Waals surface area contributed by atoms with Gasteiger partial charge < -0.3 is 15.0 Å². The third-order valence-electron chi connectivity index (χ3n) is 3.61. The van der Waals surface area contributed by atoms with Crippen molar-refractivity contribution in [2.75, 3.05) is 46.9 Å². The van der Waals surface area contributed by atoms with Crippen LogP contribution in [0.1, 0.15) is 32.6 Å². The Balaban J connectivity index is 2.30. The minimum Gasteiger partial charge on any atom is -0.385 e. The lowest BCUT2D eigenvalue weighted by Crippen LogP contribution is -2.38. The van der Waals surface area contributed by atoms with Crippen LogP contribution in [0.25, 0.3) is 0 Å². The van der Waals surface area contributed by atoms with Crippen molar-refractivity contribution in [1.29, 1.82) is 0 Å². The van der Waals surface area contributed by atoms with Crippen LogP contribution in [0.2, 0.25) is 0 Å². The number of rotatable bonds is 8. The number of nitrogens with one attached hydrogen (secondary N) is 1. The normalized spacial score (nSPS) is 25.5. The quantitative estimate of drug-likeness (QED) is 0.640. The Morgan fingerprint density at radius 3 is 2.81 bits per heavy atom. The highest BCUT2D eigenvalue weighted by atomic mass is 16.5. The predicted molar refractivity (Wildman–Crippen MR) is 68.8 cm³/mol. The van der Waals surface area contributed by atoms with E-state index in [-0.39, 0.29) is 0 Å². The second-order valence-electron chi connectivity index (χ2n) is 5.26. The van der Waals surface area contributed by atoms with E-state index in [4.69, 9.17) is 4.74 Å². The fraction of sp³-hybridized carbons (Fsp3) is 1.00. The lowest BCUT2D eigenvalue weighted by atomic mass is 9.82. The van der Waals surface area contributed by atoms with Crippen molar-refractivity contribution >= 4 is 0 Å². The van der Waals surface area contributed by atoms with Crippen molar-refractivity contribution in [3.8, 4) is 0 Å². The summed E-state index contributed by atoms with van der Waals surface area (Å²) in [7, 11) is 4.02. The molecule has 1 heterocycles. The average Bonchev–Trinajstić information content (AvgIpc) is 2.67. The Bertz CT molecular complexity index is 179. The van der Waals surface area contributed by atoms with Gasteiger partial charge in [-0.2, -0.15) is 0 Å². The molecule has 0 bridgehead atoms. The number of methoxy groups -OCH3 is 1. The molecule has 0 aromatic rings. The van der Waals surface area contributed by atoms with E-state index in [1.807, 2.05) is 0 Å². The van der Waals surface area contributed by atoms with Crippen LogP contribution in [-0.4, -0.2) is 51.8 Å². The molecule has 1 aliphatic heterocycles. The molecular weight excluding hydrogens is 200 g/mol. The molecule has 16 heavy (non-hydrogen) atoms. The van der Waals surface area contributed by atoms with Gasteiger partial charge in [0.15, 0.2) is 0 Å². The fourth-order valence-corrected chi connectivity index (χ4v) is 2.88. The first-order valence-electron chi connectivity index (χ1n) is 6.61. The van der Waals surface area contributed by atoms with Gasteiger partial charge in [0.05, 0.1) is 0 Å². The first kappa shape index (κ1) is 13.9.